The summed E-state index contributed by atoms with van der Waals surface area (Å²) in [5.41, 5.74) is 0. The van der Waals surface area contributed by atoms with Crippen molar-refractivity contribution in [1.82, 2.24) is 9.80 Å². The number of amides is 1. The zero-order valence-electron chi connectivity index (χ0n) is 9.45. The Morgan fingerprint density at radius 3 is 2.93 bits per heavy atom. The highest BCUT2D eigenvalue weighted by Gasteiger charge is 2.30. The number of thioether (sulfide) groups is 1. The largest absolute Gasteiger partial charge is 0.340 e. The second-order valence-corrected chi connectivity index (χ2v) is 5.32. The predicted molar refractivity (Wildman–Crippen MR) is 64.2 cm³/mol. The molecule has 1 amide bonds. The molecule has 0 aromatic carbocycles. The van der Waals surface area contributed by atoms with E-state index < -0.39 is 0 Å². The summed E-state index contributed by atoms with van der Waals surface area (Å²) in [5.74, 6) is 0.975. The molecule has 1 atom stereocenters. The lowest BCUT2D eigenvalue weighted by atomic mass is 10.2. The van der Waals surface area contributed by atoms with Crippen LogP contribution in [-0.4, -0.2) is 59.9 Å². The normalized spacial score (nSPS) is 27.5. The molecule has 2 aliphatic heterocycles. The zero-order chi connectivity index (χ0) is 10.7. The summed E-state index contributed by atoms with van der Waals surface area (Å²) < 4.78 is 0. The Labute approximate surface area is 96.2 Å². The fraction of sp³-hybridized carbons (Fsp3) is 0.909. The summed E-state index contributed by atoms with van der Waals surface area (Å²) in [6.45, 7) is 4.37. The van der Waals surface area contributed by atoms with Crippen molar-refractivity contribution < 1.29 is 4.79 Å². The van der Waals surface area contributed by atoms with Crippen LogP contribution in [0.3, 0.4) is 0 Å². The first-order chi connectivity index (χ1) is 7.31. The van der Waals surface area contributed by atoms with E-state index in [9.17, 15) is 4.79 Å². The number of hydrogen-bond donors (Lipinski definition) is 0. The quantitative estimate of drug-likeness (QED) is 0.706. The van der Waals surface area contributed by atoms with Crippen LogP contribution in [0.1, 0.15) is 19.3 Å². The van der Waals surface area contributed by atoms with Crippen LogP contribution < -0.4 is 0 Å². The van der Waals surface area contributed by atoms with Crippen LogP contribution in [0.15, 0.2) is 0 Å². The molecular weight excluding hydrogens is 208 g/mol. The van der Waals surface area contributed by atoms with Gasteiger partial charge >= 0.3 is 0 Å². The molecule has 4 heteroatoms. The van der Waals surface area contributed by atoms with Crippen molar-refractivity contribution in [3.63, 3.8) is 0 Å². The maximum absolute atomic E-state index is 11.8. The highest BCUT2D eigenvalue weighted by atomic mass is 32.2. The van der Waals surface area contributed by atoms with Gasteiger partial charge in [-0.05, 0) is 32.1 Å². The second kappa shape index (κ2) is 5.21. The van der Waals surface area contributed by atoms with Gasteiger partial charge in [0, 0.05) is 25.7 Å². The number of carbonyl (C=O) groups is 1. The van der Waals surface area contributed by atoms with Gasteiger partial charge in [-0.3, -0.25) is 9.69 Å². The Morgan fingerprint density at radius 2 is 2.13 bits per heavy atom. The third-order valence-corrected chi connectivity index (χ3v) is 3.96. The average Bonchev–Trinajstić information content (AvgIpc) is 2.56. The Balaban J connectivity index is 1.93. The molecule has 1 unspecified atom stereocenters. The first-order valence-corrected chi connectivity index (χ1v) is 7.21. The van der Waals surface area contributed by atoms with E-state index in [1.54, 1.807) is 11.8 Å². The van der Waals surface area contributed by atoms with E-state index >= 15 is 0 Å². The van der Waals surface area contributed by atoms with Crippen LogP contribution in [0.2, 0.25) is 0 Å². The average molecular weight is 228 g/mol. The van der Waals surface area contributed by atoms with Crippen molar-refractivity contribution in [2.24, 2.45) is 0 Å². The number of nitrogens with zero attached hydrogens (tertiary/aromatic N) is 2. The maximum atomic E-state index is 11.8. The number of fused-ring (bicyclic) bond motifs is 1. The lowest BCUT2D eigenvalue weighted by Crippen LogP contribution is -2.40. The Kier molecular flexibility index (Phi) is 3.92. The minimum atomic E-state index is 0.330. The van der Waals surface area contributed by atoms with Gasteiger partial charge in [-0.15, -0.1) is 0 Å². The van der Waals surface area contributed by atoms with Gasteiger partial charge in [0.1, 0.15) is 0 Å². The highest BCUT2D eigenvalue weighted by molar-refractivity contribution is 7.99. The summed E-state index contributed by atoms with van der Waals surface area (Å²) >= 11 is 1.63. The van der Waals surface area contributed by atoms with E-state index in [0.717, 1.165) is 19.5 Å². The molecule has 0 saturated carbocycles. The van der Waals surface area contributed by atoms with Gasteiger partial charge in [0.05, 0.1) is 5.75 Å². The number of rotatable bonds is 2. The van der Waals surface area contributed by atoms with Crippen LogP contribution in [0.4, 0.5) is 0 Å². The van der Waals surface area contributed by atoms with Crippen LogP contribution in [0.25, 0.3) is 0 Å². The Hall–Kier alpha value is -0.220. The van der Waals surface area contributed by atoms with E-state index in [2.05, 4.69) is 9.80 Å². The number of hydrogen-bond acceptors (Lipinski definition) is 3. The van der Waals surface area contributed by atoms with E-state index in [4.69, 9.17) is 0 Å². The van der Waals surface area contributed by atoms with Gasteiger partial charge in [-0.25, -0.2) is 0 Å². The van der Waals surface area contributed by atoms with Gasteiger partial charge in [-0.2, -0.15) is 11.8 Å². The molecule has 2 rings (SSSR count). The van der Waals surface area contributed by atoms with E-state index in [-0.39, 0.29) is 0 Å². The van der Waals surface area contributed by atoms with Crippen molar-refractivity contribution >= 4 is 17.7 Å². The molecule has 2 aliphatic rings. The monoisotopic (exact) mass is 228 g/mol. The van der Waals surface area contributed by atoms with E-state index in [1.807, 2.05) is 6.26 Å². The molecule has 0 radical (unpaired) electrons. The van der Waals surface area contributed by atoms with Gasteiger partial charge in [0.25, 0.3) is 0 Å². The van der Waals surface area contributed by atoms with Gasteiger partial charge in [-0.1, -0.05) is 0 Å². The first-order valence-electron chi connectivity index (χ1n) is 5.82. The van der Waals surface area contributed by atoms with Crippen LogP contribution in [0, 0.1) is 0 Å². The lowest BCUT2D eigenvalue weighted by molar-refractivity contribution is -0.128. The first kappa shape index (κ1) is 11.3. The molecule has 0 spiro atoms. The molecule has 2 heterocycles. The molecule has 2 fully saturated rings. The molecule has 15 heavy (non-hydrogen) atoms. The van der Waals surface area contributed by atoms with Crippen molar-refractivity contribution in [2.45, 2.75) is 25.3 Å². The zero-order valence-corrected chi connectivity index (χ0v) is 10.3. The van der Waals surface area contributed by atoms with Gasteiger partial charge < -0.3 is 4.90 Å². The second-order valence-electron chi connectivity index (χ2n) is 4.46. The molecule has 0 bridgehead atoms. The summed E-state index contributed by atoms with van der Waals surface area (Å²) in [6.07, 6.45) is 5.74. The van der Waals surface area contributed by atoms with Crippen molar-refractivity contribution in [3.05, 3.63) is 0 Å². The summed E-state index contributed by atoms with van der Waals surface area (Å²) in [5, 5.41) is 0. The molecule has 0 aromatic rings. The minimum Gasteiger partial charge on any atom is -0.340 e. The lowest BCUT2D eigenvalue weighted by Gasteiger charge is -2.25. The van der Waals surface area contributed by atoms with Gasteiger partial charge in [0.15, 0.2) is 0 Å². The van der Waals surface area contributed by atoms with Crippen LogP contribution >= 0.6 is 11.8 Å². The Bertz CT molecular complexity index is 235. The summed E-state index contributed by atoms with van der Waals surface area (Å²) in [7, 11) is 0. The molecular formula is C11H20N2OS. The maximum Gasteiger partial charge on any atom is 0.232 e. The standard InChI is InChI=1S/C11H20N2OS/c1-15-9-11(14)13-7-3-6-12-5-2-4-10(12)8-13/h10H,2-9H2,1H3. The van der Waals surface area contributed by atoms with Crippen molar-refractivity contribution in [1.29, 1.82) is 0 Å². The predicted octanol–water partition coefficient (Wildman–Crippen LogP) is 1.05. The summed E-state index contributed by atoms with van der Waals surface area (Å²) in [4.78, 5) is 16.5. The fourth-order valence-electron chi connectivity index (χ4n) is 2.65. The fourth-order valence-corrected chi connectivity index (χ4v) is 3.08. The van der Waals surface area contributed by atoms with Crippen molar-refractivity contribution in [3.8, 4) is 0 Å². The van der Waals surface area contributed by atoms with Crippen molar-refractivity contribution in [2.75, 3.05) is 38.2 Å². The molecule has 2 saturated heterocycles. The molecule has 0 aromatic heterocycles. The number of carbonyl (C=O) groups excluding carboxylic acids is 1. The Morgan fingerprint density at radius 1 is 1.33 bits per heavy atom. The third kappa shape index (κ3) is 2.67. The topological polar surface area (TPSA) is 23.6 Å². The molecule has 86 valence electrons. The minimum absolute atomic E-state index is 0.330. The van der Waals surface area contributed by atoms with Gasteiger partial charge in [0.2, 0.25) is 5.91 Å². The SMILES string of the molecule is CSCC(=O)N1CCCN2CCCC2C1. The molecule has 0 N–H and O–H groups in total. The third-order valence-electron chi connectivity index (χ3n) is 3.42. The smallest absolute Gasteiger partial charge is 0.232 e. The molecule has 0 aliphatic carbocycles. The van der Waals surface area contributed by atoms with E-state index in [0.29, 0.717) is 17.7 Å². The highest BCUT2D eigenvalue weighted by Crippen LogP contribution is 2.21. The van der Waals surface area contributed by atoms with Crippen LogP contribution in [0.5, 0.6) is 0 Å². The van der Waals surface area contributed by atoms with E-state index in [1.165, 1.54) is 25.9 Å². The molecule has 3 nitrogen and oxygen atoms in total. The van der Waals surface area contributed by atoms with Crippen LogP contribution in [-0.2, 0) is 4.79 Å². The summed E-state index contributed by atoms with van der Waals surface area (Å²) in [6, 6.07) is 0.651.